The van der Waals surface area contributed by atoms with Gasteiger partial charge in [0, 0.05) is 11.3 Å². The number of aryl methyl sites for hydroxylation is 1. The Morgan fingerprint density at radius 2 is 1.58 bits per heavy atom. The van der Waals surface area contributed by atoms with Crippen LogP contribution in [0.25, 0.3) is 0 Å². The normalized spacial score (nSPS) is 10.3. The molecule has 3 N–H and O–H groups in total. The number of nitrogens with one attached hydrogen (secondary N) is 1. The molecule has 0 spiro atoms. The summed E-state index contributed by atoms with van der Waals surface area (Å²) in [7, 11) is 1.25. The van der Waals surface area contributed by atoms with Gasteiger partial charge < -0.3 is 20.2 Å². The summed E-state index contributed by atoms with van der Waals surface area (Å²) in [6.07, 6.45) is 0. The zero-order chi connectivity index (χ0) is 19.4. The molecule has 0 atom stereocenters. The van der Waals surface area contributed by atoms with Gasteiger partial charge in [-0.2, -0.15) is 0 Å². The summed E-state index contributed by atoms with van der Waals surface area (Å²) in [5.74, 6) is -2.37. The Morgan fingerprint density at radius 1 is 1.00 bits per heavy atom. The number of H-pyrrole nitrogens is 1. The molecule has 0 bridgehead atoms. The zero-order valence-corrected chi connectivity index (χ0v) is 14.5. The minimum atomic E-state index is -0.719. The number of methoxy groups -OCH3 is 1. The van der Waals surface area contributed by atoms with Gasteiger partial charge in [-0.15, -0.1) is 0 Å². The van der Waals surface area contributed by atoms with Crippen molar-refractivity contribution in [2.75, 3.05) is 13.7 Å². The second-order valence-corrected chi connectivity index (χ2v) is 5.56. The molecule has 2 aromatic rings. The number of amides is 1. The first-order chi connectivity index (χ1) is 12.3. The first-order valence-corrected chi connectivity index (χ1v) is 7.64. The van der Waals surface area contributed by atoms with E-state index in [0.29, 0.717) is 11.3 Å². The summed E-state index contributed by atoms with van der Waals surface area (Å²) in [5.41, 5.74) is 6.94. The Balaban J connectivity index is 2.08. The molecule has 0 aliphatic carbocycles. The van der Waals surface area contributed by atoms with Crippen molar-refractivity contribution in [1.29, 1.82) is 0 Å². The van der Waals surface area contributed by atoms with Gasteiger partial charge in [0.15, 0.2) is 6.61 Å². The highest BCUT2D eigenvalue weighted by molar-refractivity contribution is 6.03. The second-order valence-electron chi connectivity index (χ2n) is 5.56. The summed E-state index contributed by atoms with van der Waals surface area (Å²) in [6.45, 7) is 2.74. The summed E-state index contributed by atoms with van der Waals surface area (Å²) in [6, 6.07) is 5.54. The van der Waals surface area contributed by atoms with E-state index in [1.165, 1.54) is 31.4 Å². The highest BCUT2D eigenvalue weighted by atomic mass is 16.5. The monoisotopic (exact) mass is 358 g/mol. The van der Waals surface area contributed by atoms with Crippen LogP contribution in [-0.2, 0) is 9.47 Å². The predicted octanol–water partition coefficient (Wildman–Crippen LogP) is 1.56. The van der Waals surface area contributed by atoms with Gasteiger partial charge in [-0.05, 0) is 43.7 Å². The minimum Gasteiger partial charge on any atom is -0.465 e. The van der Waals surface area contributed by atoms with Gasteiger partial charge in [-0.1, -0.05) is 0 Å². The topological polar surface area (TPSA) is 129 Å². The molecule has 8 heteroatoms. The average Bonchev–Trinajstić information content (AvgIpc) is 2.93. The van der Waals surface area contributed by atoms with Crippen molar-refractivity contribution in [2.24, 2.45) is 5.73 Å². The van der Waals surface area contributed by atoms with Crippen molar-refractivity contribution in [2.45, 2.75) is 13.8 Å². The van der Waals surface area contributed by atoms with E-state index in [-0.39, 0.29) is 22.4 Å². The van der Waals surface area contributed by atoms with Crippen molar-refractivity contribution in [3.8, 4) is 0 Å². The van der Waals surface area contributed by atoms with Gasteiger partial charge in [0.25, 0.3) is 0 Å². The first kappa shape index (κ1) is 18.9. The molecule has 1 heterocycles. The fraction of sp³-hybridized carbons (Fsp3) is 0.222. The van der Waals surface area contributed by atoms with Gasteiger partial charge in [-0.25, -0.2) is 9.59 Å². The molecule has 1 amide bonds. The van der Waals surface area contributed by atoms with Crippen LogP contribution in [0.5, 0.6) is 0 Å². The van der Waals surface area contributed by atoms with Crippen LogP contribution in [0.4, 0.5) is 0 Å². The van der Waals surface area contributed by atoms with Crippen LogP contribution in [0.2, 0.25) is 0 Å². The molecule has 136 valence electrons. The van der Waals surface area contributed by atoms with E-state index in [1.54, 1.807) is 13.8 Å². The highest BCUT2D eigenvalue weighted by Gasteiger charge is 2.23. The number of hydrogen-bond donors (Lipinski definition) is 2. The number of rotatable bonds is 6. The Kier molecular flexibility index (Phi) is 5.56. The standard InChI is InChI=1S/C18H18N2O6/c1-9-14(18(24)25-3)10(2)20-15(9)13(21)8-26-17(23)12-6-4-11(5-7-12)16(19)22/h4-7,20H,8H2,1-3H3,(H2,19,22). The number of carbonyl (C=O) groups is 4. The fourth-order valence-electron chi connectivity index (χ4n) is 2.49. The van der Waals surface area contributed by atoms with E-state index in [9.17, 15) is 19.2 Å². The zero-order valence-electron chi connectivity index (χ0n) is 14.5. The van der Waals surface area contributed by atoms with E-state index in [2.05, 4.69) is 9.72 Å². The number of Topliss-reactive ketones (excluding diaryl/α,β-unsaturated/α-hetero) is 1. The fourth-order valence-corrected chi connectivity index (χ4v) is 2.49. The molecular formula is C18H18N2O6. The molecule has 0 fully saturated rings. The lowest BCUT2D eigenvalue weighted by Crippen LogP contribution is -2.16. The molecular weight excluding hydrogens is 340 g/mol. The van der Waals surface area contributed by atoms with Gasteiger partial charge in [-0.3, -0.25) is 9.59 Å². The van der Waals surface area contributed by atoms with Crippen LogP contribution in [0.3, 0.4) is 0 Å². The summed E-state index contributed by atoms with van der Waals surface area (Å²) in [4.78, 5) is 49.9. The van der Waals surface area contributed by atoms with Crippen molar-refractivity contribution >= 4 is 23.6 Å². The lowest BCUT2D eigenvalue weighted by molar-refractivity contribution is 0.0473. The van der Waals surface area contributed by atoms with Crippen LogP contribution in [0, 0.1) is 13.8 Å². The van der Waals surface area contributed by atoms with E-state index in [1.807, 2.05) is 0 Å². The van der Waals surface area contributed by atoms with E-state index in [4.69, 9.17) is 10.5 Å². The number of benzene rings is 1. The molecule has 0 saturated carbocycles. The Bertz CT molecular complexity index is 880. The summed E-state index contributed by atoms with van der Waals surface area (Å²) < 4.78 is 9.68. The maximum atomic E-state index is 12.3. The van der Waals surface area contributed by atoms with Gasteiger partial charge >= 0.3 is 11.9 Å². The number of esters is 2. The second kappa shape index (κ2) is 7.64. The van der Waals surface area contributed by atoms with Crippen LogP contribution >= 0.6 is 0 Å². The van der Waals surface area contributed by atoms with Crippen LogP contribution in [0.15, 0.2) is 24.3 Å². The molecule has 0 saturated heterocycles. The maximum Gasteiger partial charge on any atom is 0.339 e. The van der Waals surface area contributed by atoms with Crippen LogP contribution in [0.1, 0.15) is 52.8 Å². The van der Waals surface area contributed by atoms with Gasteiger partial charge in [0.2, 0.25) is 11.7 Å². The third-order valence-electron chi connectivity index (χ3n) is 3.85. The SMILES string of the molecule is COC(=O)c1c(C)[nH]c(C(=O)COC(=O)c2ccc(C(N)=O)cc2)c1C. The summed E-state index contributed by atoms with van der Waals surface area (Å²) in [5, 5.41) is 0. The lowest BCUT2D eigenvalue weighted by Gasteiger charge is -2.05. The number of ketones is 1. The van der Waals surface area contributed by atoms with E-state index in [0.717, 1.165) is 0 Å². The lowest BCUT2D eigenvalue weighted by atomic mass is 10.1. The van der Waals surface area contributed by atoms with E-state index < -0.39 is 30.2 Å². The number of primary amides is 1. The van der Waals surface area contributed by atoms with E-state index >= 15 is 0 Å². The number of hydrogen-bond acceptors (Lipinski definition) is 6. The Hall–Kier alpha value is -3.42. The molecule has 0 radical (unpaired) electrons. The minimum absolute atomic E-state index is 0.178. The average molecular weight is 358 g/mol. The molecule has 0 unspecified atom stereocenters. The molecule has 0 aliphatic rings. The maximum absolute atomic E-state index is 12.3. The molecule has 1 aromatic heterocycles. The third-order valence-corrected chi connectivity index (χ3v) is 3.85. The van der Waals surface area contributed by atoms with Crippen molar-refractivity contribution in [3.63, 3.8) is 0 Å². The van der Waals surface area contributed by atoms with Crippen LogP contribution < -0.4 is 5.73 Å². The quantitative estimate of drug-likeness (QED) is 0.595. The largest absolute Gasteiger partial charge is 0.465 e. The van der Waals surface area contributed by atoms with Gasteiger partial charge in [0.1, 0.15) is 0 Å². The number of nitrogens with two attached hydrogens (primary N) is 1. The Labute approximate surface area is 149 Å². The predicted molar refractivity (Wildman–Crippen MR) is 91.2 cm³/mol. The smallest absolute Gasteiger partial charge is 0.339 e. The number of aromatic amines is 1. The van der Waals surface area contributed by atoms with Gasteiger partial charge in [0.05, 0.1) is 23.9 Å². The molecule has 26 heavy (non-hydrogen) atoms. The van der Waals surface area contributed by atoms with Crippen molar-refractivity contribution < 1.29 is 28.7 Å². The number of ether oxygens (including phenoxy) is 2. The first-order valence-electron chi connectivity index (χ1n) is 7.64. The number of carbonyl (C=O) groups excluding carboxylic acids is 4. The van der Waals surface area contributed by atoms with Crippen molar-refractivity contribution in [3.05, 3.63) is 57.9 Å². The Morgan fingerprint density at radius 3 is 2.12 bits per heavy atom. The molecule has 2 rings (SSSR count). The molecule has 0 aliphatic heterocycles. The third kappa shape index (κ3) is 3.80. The van der Waals surface area contributed by atoms with Crippen molar-refractivity contribution in [1.82, 2.24) is 4.98 Å². The molecule has 8 nitrogen and oxygen atoms in total. The summed E-state index contributed by atoms with van der Waals surface area (Å²) >= 11 is 0. The molecule has 1 aromatic carbocycles. The number of aromatic nitrogens is 1. The van der Waals surface area contributed by atoms with Crippen LogP contribution in [-0.4, -0.2) is 42.3 Å². The highest BCUT2D eigenvalue weighted by Crippen LogP contribution is 2.19.